The van der Waals surface area contributed by atoms with E-state index < -0.39 is 5.91 Å². The number of carbonyl (C=O) groups is 1. The summed E-state index contributed by atoms with van der Waals surface area (Å²) in [6.07, 6.45) is 0. The molecule has 0 aliphatic rings. The summed E-state index contributed by atoms with van der Waals surface area (Å²) in [5.74, 6) is 0.283. The van der Waals surface area contributed by atoms with Gasteiger partial charge in [-0.25, -0.2) is 0 Å². The lowest BCUT2D eigenvalue weighted by Gasteiger charge is -2.26. The van der Waals surface area contributed by atoms with Gasteiger partial charge >= 0.3 is 0 Å². The molecule has 0 saturated carbocycles. The van der Waals surface area contributed by atoms with Crippen LogP contribution in [0.4, 0.5) is 5.82 Å². The summed E-state index contributed by atoms with van der Waals surface area (Å²) in [5, 5.41) is 13.1. The maximum atomic E-state index is 11.2. The van der Waals surface area contributed by atoms with Crippen LogP contribution < -0.4 is 16.4 Å². The van der Waals surface area contributed by atoms with Crippen LogP contribution >= 0.6 is 9.24 Å². The zero-order valence-electron chi connectivity index (χ0n) is 15.4. The quantitative estimate of drug-likeness (QED) is 0.646. The highest BCUT2D eigenvalue weighted by Gasteiger charge is 2.20. The zero-order chi connectivity index (χ0) is 19.4. The molecular weight excluding hydrogens is 355 g/mol. The predicted octanol–water partition coefficient (Wildman–Crippen LogP) is 3.13. The summed E-state index contributed by atoms with van der Waals surface area (Å²) in [6, 6.07) is 19.3. The van der Waals surface area contributed by atoms with Crippen molar-refractivity contribution in [2.24, 2.45) is 5.73 Å². The second-order valence-electron chi connectivity index (χ2n) is 7.10. The van der Waals surface area contributed by atoms with Crippen molar-refractivity contribution in [2.75, 3.05) is 11.9 Å². The Bertz CT molecular complexity index is 920. The first-order valence-corrected chi connectivity index (χ1v) is 9.27. The van der Waals surface area contributed by atoms with E-state index in [0.717, 1.165) is 23.6 Å². The molecule has 1 unspecified atom stereocenters. The average molecular weight is 378 g/mol. The lowest BCUT2D eigenvalue weighted by molar-refractivity contribution is 0.100. The molecule has 1 aromatic heterocycles. The highest BCUT2D eigenvalue weighted by atomic mass is 31.0. The Morgan fingerprint density at radius 1 is 1.00 bits per heavy atom. The number of nitrogens with one attached hydrogen (secondary N) is 1. The van der Waals surface area contributed by atoms with E-state index in [-0.39, 0.29) is 5.41 Å². The van der Waals surface area contributed by atoms with Gasteiger partial charge in [0.25, 0.3) is 0 Å². The molecule has 1 heterocycles. The maximum absolute atomic E-state index is 11.2. The van der Waals surface area contributed by atoms with Crippen LogP contribution in [-0.4, -0.2) is 22.6 Å². The molecule has 0 fully saturated rings. The summed E-state index contributed by atoms with van der Waals surface area (Å²) in [4.78, 5) is 11.2. The molecule has 5 nitrogen and oxygen atoms in total. The summed E-state index contributed by atoms with van der Waals surface area (Å²) < 4.78 is 0. The fourth-order valence-electron chi connectivity index (χ4n) is 2.73. The number of hydrogen-bond donors (Lipinski definition) is 2. The van der Waals surface area contributed by atoms with E-state index in [4.69, 9.17) is 5.73 Å². The number of primary amides is 1. The van der Waals surface area contributed by atoms with Crippen molar-refractivity contribution >= 4 is 26.3 Å². The second kappa shape index (κ2) is 7.85. The molecule has 138 valence electrons. The first kappa shape index (κ1) is 19.0. The number of hydrogen-bond acceptors (Lipinski definition) is 4. The molecule has 0 radical (unpaired) electrons. The number of rotatable bonds is 6. The minimum absolute atomic E-state index is 0.0384. The topological polar surface area (TPSA) is 80.9 Å². The lowest BCUT2D eigenvalue weighted by atomic mass is 9.84. The van der Waals surface area contributed by atoms with Crippen molar-refractivity contribution in [3.8, 4) is 11.3 Å². The highest BCUT2D eigenvalue weighted by Crippen LogP contribution is 2.23. The fourth-order valence-corrected chi connectivity index (χ4v) is 2.93. The summed E-state index contributed by atoms with van der Waals surface area (Å²) in [6.45, 7) is 5.13. The van der Waals surface area contributed by atoms with Crippen molar-refractivity contribution in [3.05, 3.63) is 71.8 Å². The molecule has 3 N–H and O–H groups in total. The SMILES string of the molecule is CC(C)(CNc1ccc(-c2ccc(C(N)=O)cc2)nn1)c1ccc(P)cc1. The summed E-state index contributed by atoms with van der Waals surface area (Å²) in [5.41, 5.74) is 8.59. The Hall–Kier alpha value is -2.78. The van der Waals surface area contributed by atoms with Crippen molar-refractivity contribution in [3.63, 3.8) is 0 Å². The molecule has 1 amide bonds. The first-order chi connectivity index (χ1) is 12.8. The Morgan fingerprint density at radius 3 is 2.22 bits per heavy atom. The largest absolute Gasteiger partial charge is 0.368 e. The van der Waals surface area contributed by atoms with E-state index in [2.05, 4.69) is 62.9 Å². The van der Waals surface area contributed by atoms with Gasteiger partial charge < -0.3 is 11.1 Å². The molecule has 6 heteroatoms. The molecule has 0 saturated heterocycles. The van der Waals surface area contributed by atoms with Gasteiger partial charge in [0.2, 0.25) is 5.91 Å². The van der Waals surface area contributed by atoms with Gasteiger partial charge in [-0.3, -0.25) is 4.79 Å². The predicted molar refractivity (Wildman–Crippen MR) is 113 cm³/mol. The number of nitrogens with zero attached hydrogens (tertiary/aromatic N) is 2. The van der Waals surface area contributed by atoms with Crippen LogP contribution in [0, 0.1) is 0 Å². The Labute approximate surface area is 161 Å². The molecular formula is C21H23N4OP. The monoisotopic (exact) mass is 378 g/mol. The number of anilines is 1. The van der Waals surface area contributed by atoms with Crippen molar-refractivity contribution in [2.45, 2.75) is 19.3 Å². The van der Waals surface area contributed by atoms with Crippen LogP contribution in [0.5, 0.6) is 0 Å². The van der Waals surface area contributed by atoms with Gasteiger partial charge in [-0.15, -0.1) is 19.4 Å². The van der Waals surface area contributed by atoms with Crippen molar-refractivity contribution in [1.29, 1.82) is 0 Å². The van der Waals surface area contributed by atoms with Gasteiger partial charge in [-0.05, 0) is 35.1 Å². The first-order valence-electron chi connectivity index (χ1n) is 8.69. The molecule has 0 aliphatic heterocycles. The van der Waals surface area contributed by atoms with E-state index in [0.29, 0.717) is 5.56 Å². The molecule has 3 rings (SSSR count). The standard InChI is InChI=1S/C21H23N4OP/c1-21(2,16-7-9-17(27)10-8-16)13-23-19-12-11-18(24-25-19)14-3-5-15(6-4-14)20(22)26/h3-12H,13,27H2,1-2H3,(H2,22,26)(H,23,25). The Balaban J connectivity index is 1.66. The fraction of sp³-hybridized carbons (Fsp3) is 0.190. The number of aromatic nitrogens is 2. The second-order valence-corrected chi connectivity index (χ2v) is 7.77. The van der Waals surface area contributed by atoms with Crippen LogP contribution in [0.3, 0.4) is 0 Å². The maximum Gasteiger partial charge on any atom is 0.248 e. The third-order valence-electron chi connectivity index (χ3n) is 4.53. The molecule has 0 bridgehead atoms. The van der Waals surface area contributed by atoms with Crippen LogP contribution in [0.25, 0.3) is 11.3 Å². The molecule has 0 aliphatic carbocycles. The molecule has 2 aromatic carbocycles. The Morgan fingerprint density at radius 2 is 1.67 bits per heavy atom. The number of benzene rings is 2. The molecule has 3 aromatic rings. The minimum Gasteiger partial charge on any atom is -0.368 e. The van der Waals surface area contributed by atoms with Crippen LogP contribution in [0.1, 0.15) is 29.8 Å². The van der Waals surface area contributed by atoms with E-state index in [1.165, 1.54) is 10.9 Å². The summed E-state index contributed by atoms with van der Waals surface area (Å²) >= 11 is 0. The third-order valence-corrected chi connectivity index (χ3v) is 4.92. The third kappa shape index (κ3) is 4.69. The molecule has 1 atom stereocenters. The van der Waals surface area contributed by atoms with Gasteiger partial charge in [0.15, 0.2) is 0 Å². The minimum atomic E-state index is -0.442. The van der Waals surface area contributed by atoms with Crippen LogP contribution in [0.2, 0.25) is 0 Å². The van der Waals surface area contributed by atoms with Crippen molar-refractivity contribution in [1.82, 2.24) is 10.2 Å². The van der Waals surface area contributed by atoms with E-state index in [1.807, 2.05) is 24.3 Å². The average Bonchev–Trinajstić information content (AvgIpc) is 2.67. The van der Waals surface area contributed by atoms with E-state index >= 15 is 0 Å². The van der Waals surface area contributed by atoms with Crippen molar-refractivity contribution < 1.29 is 4.79 Å². The normalized spacial score (nSPS) is 11.2. The molecule has 0 spiro atoms. The van der Waals surface area contributed by atoms with E-state index in [1.54, 1.807) is 12.1 Å². The number of nitrogens with two attached hydrogens (primary N) is 1. The van der Waals surface area contributed by atoms with Gasteiger partial charge in [0.05, 0.1) is 5.69 Å². The smallest absolute Gasteiger partial charge is 0.248 e. The van der Waals surface area contributed by atoms with Crippen LogP contribution in [-0.2, 0) is 5.41 Å². The Kier molecular flexibility index (Phi) is 5.52. The zero-order valence-corrected chi connectivity index (χ0v) is 16.6. The van der Waals surface area contributed by atoms with Gasteiger partial charge in [-0.2, -0.15) is 0 Å². The summed E-state index contributed by atoms with van der Waals surface area (Å²) in [7, 11) is 2.70. The van der Waals surface area contributed by atoms with Gasteiger partial charge in [0.1, 0.15) is 5.82 Å². The van der Waals surface area contributed by atoms with E-state index in [9.17, 15) is 4.79 Å². The van der Waals surface area contributed by atoms with Crippen LogP contribution in [0.15, 0.2) is 60.7 Å². The number of amides is 1. The van der Waals surface area contributed by atoms with Gasteiger partial charge in [0, 0.05) is 23.1 Å². The number of carbonyl (C=O) groups excluding carboxylic acids is 1. The highest BCUT2D eigenvalue weighted by molar-refractivity contribution is 7.27. The lowest BCUT2D eigenvalue weighted by Crippen LogP contribution is -2.28. The van der Waals surface area contributed by atoms with Gasteiger partial charge in [-0.1, -0.05) is 50.2 Å². The molecule has 27 heavy (non-hydrogen) atoms.